The quantitative estimate of drug-likeness (QED) is 0.467. The van der Waals surface area contributed by atoms with Crippen LogP contribution in [0.2, 0.25) is 0 Å². The highest BCUT2D eigenvalue weighted by Gasteiger charge is 2.12. The number of benzene rings is 2. The highest BCUT2D eigenvalue weighted by molar-refractivity contribution is 6.12. The zero-order valence-corrected chi connectivity index (χ0v) is 13.8. The lowest BCUT2D eigenvalue weighted by Gasteiger charge is -2.05. The van der Waals surface area contributed by atoms with Crippen LogP contribution < -0.4 is 0 Å². The van der Waals surface area contributed by atoms with E-state index in [4.69, 9.17) is 4.98 Å². The molecule has 0 bridgehead atoms. The summed E-state index contributed by atoms with van der Waals surface area (Å²) in [5.41, 5.74) is 4.36. The molecule has 0 fully saturated rings. The fourth-order valence-electron chi connectivity index (χ4n) is 3.55. The summed E-state index contributed by atoms with van der Waals surface area (Å²) in [6.45, 7) is 3.10. The van der Waals surface area contributed by atoms with Crippen LogP contribution in [-0.4, -0.2) is 19.5 Å². The van der Waals surface area contributed by atoms with E-state index >= 15 is 0 Å². The van der Waals surface area contributed by atoms with Gasteiger partial charge in [-0.2, -0.15) is 0 Å². The first-order valence-electron chi connectivity index (χ1n) is 8.43. The SMILES string of the molecule is CCn1c2ccccc2c2cc3cnc(-c4cccnc4)nc3cc21. The number of para-hydroxylation sites is 1. The first-order chi connectivity index (χ1) is 12.3. The van der Waals surface area contributed by atoms with Crippen molar-refractivity contribution in [3.8, 4) is 11.4 Å². The highest BCUT2D eigenvalue weighted by Crippen LogP contribution is 2.32. The summed E-state index contributed by atoms with van der Waals surface area (Å²) >= 11 is 0. The number of aryl methyl sites for hydroxylation is 1. The molecular formula is C21H16N4. The van der Waals surface area contributed by atoms with E-state index in [0.717, 1.165) is 23.0 Å². The molecule has 120 valence electrons. The van der Waals surface area contributed by atoms with E-state index in [1.165, 1.54) is 21.8 Å². The van der Waals surface area contributed by atoms with Crippen molar-refractivity contribution in [2.45, 2.75) is 13.5 Å². The molecule has 0 aliphatic carbocycles. The Morgan fingerprint density at radius 3 is 2.68 bits per heavy atom. The lowest BCUT2D eigenvalue weighted by molar-refractivity contribution is 0.827. The summed E-state index contributed by atoms with van der Waals surface area (Å²) in [6.07, 6.45) is 5.46. The van der Waals surface area contributed by atoms with E-state index in [-0.39, 0.29) is 0 Å². The van der Waals surface area contributed by atoms with Gasteiger partial charge < -0.3 is 4.57 Å². The van der Waals surface area contributed by atoms with Gasteiger partial charge in [-0.25, -0.2) is 9.97 Å². The Balaban J connectivity index is 1.84. The number of fused-ring (bicyclic) bond motifs is 4. The zero-order valence-electron chi connectivity index (χ0n) is 13.8. The Bertz CT molecular complexity index is 1220. The van der Waals surface area contributed by atoms with E-state index in [2.05, 4.69) is 57.9 Å². The van der Waals surface area contributed by atoms with Gasteiger partial charge in [-0.05, 0) is 37.3 Å². The molecule has 2 aromatic carbocycles. The van der Waals surface area contributed by atoms with Gasteiger partial charge in [0.05, 0.1) is 11.0 Å². The van der Waals surface area contributed by atoms with E-state index in [1.54, 1.807) is 12.4 Å². The summed E-state index contributed by atoms with van der Waals surface area (Å²) in [5.74, 6) is 0.708. The molecule has 3 heterocycles. The average Bonchev–Trinajstić information content (AvgIpc) is 2.99. The summed E-state index contributed by atoms with van der Waals surface area (Å²) in [6, 6.07) is 16.8. The maximum absolute atomic E-state index is 4.78. The Hall–Kier alpha value is -3.27. The summed E-state index contributed by atoms with van der Waals surface area (Å²) in [7, 11) is 0. The summed E-state index contributed by atoms with van der Waals surface area (Å²) < 4.78 is 2.34. The van der Waals surface area contributed by atoms with Crippen molar-refractivity contribution >= 4 is 32.7 Å². The van der Waals surface area contributed by atoms with Gasteiger partial charge >= 0.3 is 0 Å². The predicted molar refractivity (Wildman–Crippen MR) is 101 cm³/mol. The minimum absolute atomic E-state index is 0.708. The number of aromatic nitrogens is 4. The Morgan fingerprint density at radius 1 is 0.920 bits per heavy atom. The lowest BCUT2D eigenvalue weighted by atomic mass is 10.1. The van der Waals surface area contributed by atoms with Crippen LogP contribution in [-0.2, 0) is 6.54 Å². The average molecular weight is 324 g/mol. The third-order valence-electron chi connectivity index (χ3n) is 4.71. The highest BCUT2D eigenvalue weighted by atomic mass is 15.0. The van der Waals surface area contributed by atoms with Crippen molar-refractivity contribution in [2.24, 2.45) is 0 Å². The third-order valence-corrected chi connectivity index (χ3v) is 4.71. The van der Waals surface area contributed by atoms with Crippen molar-refractivity contribution < 1.29 is 0 Å². The van der Waals surface area contributed by atoms with Gasteiger partial charge in [-0.3, -0.25) is 4.98 Å². The van der Waals surface area contributed by atoms with Crippen LogP contribution in [0, 0.1) is 0 Å². The van der Waals surface area contributed by atoms with Crippen molar-refractivity contribution in [1.82, 2.24) is 19.5 Å². The van der Waals surface area contributed by atoms with Crippen LogP contribution in [0.3, 0.4) is 0 Å². The first-order valence-corrected chi connectivity index (χ1v) is 8.43. The van der Waals surface area contributed by atoms with Crippen LogP contribution in [0.4, 0.5) is 0 Å². The topological polar surface area (TPSA) is 43.6 Å². The molecule has 4 heteroatoms. The monoisotopic (exact) mass is 324 g/mol. The molecule has 0 saturated carbocycles. The molecule has 0 N–H and O–H groups in total. The van der Waals surface area contributed by atoms with E-state index in [9.17, 15) is 0 Å². The largest absolute Gasteiger partial charge is 0.341 e. The Kier molecular flexibility index (Phi) is 3.04. The third kappa shape index (κ3) is 2.11. The van der Waals surface area contributed by atoms with E-state index in [1.807, 2.05) is 18.3 Å². The van der Waals surface area contributed by atoms with Crippen LogP contribution in [0.5, 0.6) is 0 Å². The number of rotatable bonds is 2. The van der Waals surface area contributed by atoms with Crippen LogP contribution >= 0.6 is 0 Å². The fourth-order valence-corrected chi connectivity index (χ4v) is 3.55. The Labute approximate surface area is 144 Å². The molecule has 0 atom stereocenters. The van der Waals surface area contributed by atoms with Crippen LogP contribution in [0.15, 0.2) is 67.1 Å². The van der Waals surface area contributed by atoms with Crippen molar-refractivity contribution in [1.29, 1.82) is 0 Å². The summed E-state index contributed by atoms with van der Waals surface area (Å²) in [5, 5.41) is 3.58. The maximum atomic E-state index is 4.78. The second kappa shape index (κ2) is 5.38. The minimum Gasteiger partial charge on any atom is -0.341 e. The maximum Gasteiger partial charge on any atom is 0.161 e. The Morgan fingerprint density at radius 2 is 1.84 bits per heavy atom. The number of hydrogen-bond acceptors (Lipinski definition) is 3. The van der Waals surface area contributed by atoms with E-state index in [0.29, 0.717) is 5.82 Å². The van der Waals surface area contributed by atoms with Crippen LogP contribution in [0.25, 0.3) is 44.1 Å². The molecule has 0 aliphatic rings. The molecule has 3 aromatic heterocycles. The van der Waals surface area contributed by atoms with Crippen LogP contribution in [0.1, 0.15) is 6.92 Å². The smallest absolute Gasteiger partial charge is 0.161 e. The van der Waals surface area contributed by atoms with Gasteiger partial charge in [0.15, 0.2) is 5.82 Å². The second-order valence-corrected chi connectivity index (χ2v) is 6.12. The normalized spacial score (nSPS) is 11.6. The van der Waals surface area contributed by atoms with Crippen molar-refractivity contribution in [3.63, 3.8) is 0 Å². The molecule has 0 spiro atoms. The van der Waals surface area contributed by atoms with Gasteiger partial charge in [-0.15, -0.1) is 0 Å². The van der Waals surface area contributed by atoms with Crippen molar-refractivity contribution in [2.75, 3.05) is 0 Å². The van der Waals surface area contributed by atoms with Crippen molar-refractivity contribution in [3.05, 3.63) is 67.1 Å². The molecule has 4 nitrogen and oxygen atoms in total. The first kappa shape index (κ1) is 14.1. The molecule has 0 saturated heterocycles. The number of nitrogens with zero attached hydrogens (tertiary/aromatic N) is 4. The summed E-state index contributed by atoms with van der Waals surface area (Å²) in [4.78, 5) is 13.5. The molecule has 0 unspecified atom stereocenters. The fraction of sp³-hybridized carbons (Fsp3) is 0.0952. The molecule has 0 radical (unpaired) electrons. The van der Waals surface area contributed by atoms with Gasteiger partial charge in [0, 0.05) is 52.4 Å². The zero-order chi connectivity index (χ0) is 16.8. The second-order valence-electron chi connectivity index (χ2n) is 6.12. The predicted octanol–water partition coefficient (Wildman–Crippen LogP) is 4.82. The number of pyridine rings is 1. The van der Waals surface area contributed by atoms with E-state index < -0.39 is 0 Å². The molecule has 5 aromatic rings. The minimum atomic E-state index is 0.708. The molecular weight excluding hydrogens is 308 g/mol. The molecule has 0 aliphatic heterocycles. The van der Waals surface area contributed by atoms with Gasteiger partial charge in [0.25, 0.3) is 0 Å². The molecule has 0 amide bonds. The molecule has 25 heavy (non-hydrogen) atoms. The number of hydrogen-bond donors (Lipinski definition) is 0. The van der Waals surface area contributed by atoms with Gasteiger partial charge in [-0.1, -0.05) is 18.2 Å². The standard InChI is InChI=1S/C21H16N4/c1-2-25-19-8-4-3-7-16(19)17-10-15-13-23-21(14-6-5-9-22-12-14)24-18(15)11-20(17)25/h3-13H,2H2,1H3. The van der Waals surface area contributed by atoms with Gasteiger partial charge in [0.2, 0.25) is 0 Å². The molecule has 5 rings (SSSR count). The van der Waals surface area contributed by atoms with Gasteiger partial charge in [0.1, 0.15) is 0 Å². The lowest BCUT2D eigenvalue weighted by Crippen LogP contribution is -1.94.